The molecule has 0 unspecified atom stereocenters. The molecule has 30 heavy (non-hydrogen) atoms. The molecule has 0 radical (unpaired) electrons. The van der Waals surface area contributed by atoms with Gasteiger partial charge in [0.1, 0.15) is 0 Å². The maximum atomic E-state index is 12.9. The number of nitrogens with zero attached hydrogens (tertiary/aromatic N) is 3. The molecule has 7 heteroatoms. The van der Waals surface area contributed by atoms with Gasteiger partial charge in [-0.15, -0.1) is 0 Å². The first-order valence-corrected chi connectivity index (χ1v) is 12.2. The Morgan fingerprint density at radius 1 is 0.867 bits per heavy atom. The van der Waals surface area contributed by atoms with Gasteiger partial charge in [0.25, 0.3) is 0 Å². The van der Waals surface area contributed by atoms with E-state index in [2.05, 4.69) is 17.0 Å². The van der Waals surface area contributed by atoms with Gasteiger partial charge in [-0.25, -0.2) is 8.42 Å². The minimum atomic E-state index is -3.37. The first-order valence-electron chi connectivity index (χ1n) is 10.6. The molecule has 2 aliphatic rings. The van der Waals surface area contributed by atoms with Crippen molar-refractivity contribution in [1.82, 2.24) is 14.1 Å². The molecule has 2 aromatic carbocycles. The quantitative estimate of drug-likeness (QED) is 0.649. The van der Waals surface area contributed by atoms with Gasteiger partial charge in [0.05, 0.1) is 12.3 Å². The number of carbonyl (C=O) groups is 1. The molecule has 160 valence electrons. The molecule has 6 nitrogen and oxygen atoms in total. The second-order valence-electron chi connectivity index (χ2n) is 8.14. The molecule has 1 saturated carbocycles. The third kappa shape index (κ3) is 5.47. The maximum Gasteiger partial charge on any atom is 0.236 e. The zero-order valence-electron chi connectivity index (χ0n) is 17.2. The van der Waals surface area contributed by atoms with E-state index in [0.29, 0.717) is 38.8 Å². The summed E-state index contributed by atoms with van der Waals surface area (Å²) in [6.45, 7) is 2.82. The fraction of sp³-hybridized carbons (Fsp3) is 0.435. The monoisotopic (exact) mass is 427 g/mol. The lowest BCUT2D eigenvalue weighted by Crippen LogP contribution is -2.52. The first-order chi connectivity index (χ1) is 14.5. The Hall–Kier alpha value is -2.22. The van der Waals surface area contributed by atoms with Gasteiger partial charge in [-0.2, -0.15) is 4.31 Å². The van der Waals surface area contributed by atoms with Crippen molar-refractivity contribution in [2.75, 3.05) is 32.7 Å². The Balaban J connectivity index is 1.30. The highest BCUT2D eigenvalue weighted by Crippen LogP contribution is 2.28. The molecule has 1 aliphatic carbocycles. The van der Waals surface area contributed by atoms with Crippen LogP contribution in [0.3, 0.4) is 0 Å². The van der Waals surface area contributed by atoms with Crippen LogP contribution in [-0.4, -0.2) is 67.2 Å². The van der Waals surface area contributed by atoms with Crippen molar-refractivity contribution >= 4 is 15.9 Å². The lowest BCUT2D eigenvalue weighted by atomic mass is 10.2. The summed E-state index contributed by atoms with van der Waals surface area (Å²) in [5.74, 6) is 0.104. The van der Waals surface area contributed by atoms with Crippen LogP contribution in [0.25, 0.3) is 0 Å². The average molecular weight is 428 g/mol. The fourth-order valence-corrected chi connectivity index (χ4v) is 5.45. The topological polar surface area (TPSA) is 60.9 Å². The Morgan fingerprint density at radius 2 is 1.43 bits per heavy atom. The zero-order valence-corrected chi connectivity index (χ0v) is 18.0. The first kappa shape index (κ1) is 21.0. The van der Waals surface area contributed by atoms with E-state index in [4.69, 9.17) is 0 Å². The minimum absolute atomic E-state index is 0.00825. The van der Waals surface area contributed by atoms with Gasteiger partial charge < -0.3 is 4.90 Å². The number of hydrogen-bond donors (Lipinski definition) is 0. The van der Waals surface area contributed by atoms with Gasteiger partial charge in [-0.1, -0.05) is 60.7 Å². The predicted octanol–water partition coefficient (Wildman–Crippen LogP) is 2.33. The number of amides is 1. The Labute approximate surface area is 179 Å². The summed E-state index contributed by atoms with van der Waals surface area (Å²) in [6, 6.07) is 20.0. The molecule has 0 atom stereocenters. The van der Waals surface area contributed by atoms with E-state index in [-0.39, 0.29) is 11.7 Å². The lowest BCUT2D eigenvalue weighted by Gasteiger charge is -2.35. The van der Waals surface area contributed by atoms with Crippen LogP contribution in [0.2, 0.25) is 0 Å². The van der Waals surface area contributed by atoms with Gasteiger partial charge in [-0.3, -0.25) is 9.69 Å². The van der Waals surface area contributed by atoms with Gasteiger partial charge in [0, 0.05) is 38.8 Å². The summed E-state index contributed by atoms with van der Waals surface area (Å²) in [6.07, 6.45) is 2.29. The molecule has 1 amide bonds. The van der Waals surface area contributed by atoms with Crippen molar-refractivity contribution in [1.29, 1.82) is 0 Å². The summed E-state index contributed by atoms with van der Waals surface area (Å²) in [5, 5.41) is 0. The van der Waals surface area contributed by atoms with Crippen molar-refractivity contribution in [3.63, 3.8) is 0 Å². The largest absolute Gasteiger partial charge is 0.339 e. The van der Waals surface area contributed by atoms with Crippen LogP contribution in [-0.2, 0) is 27.1 Å². The van der Waals surface area contributed by atoms with E-state index in [0.717, 1.165) is 24.9 Å². The number of benzene rings is 2. The van der Waals surface area contributed by atoms with E-state index >= 15 is 0 Å². The van der Waals surface area contributed by atoms with Gasteiger partial charge in [0.2, 0.25) is 15.9 Å². The van der Waals surface area contributed by atoms with Crippen molar-refractivity contribution < 1.29 is 13.2 Å². The minimum Gasteiger partial charge on any atom is -0.339 e. The van der Waals surface area contributed by atoms with Crippen LogP contribution >= 0.6 is 0 Å². The second kappa shape index (κ2) is 9.29. The average Bonchev–Trinajstić information content (AvgIpc) is 3.60. The number of piperazine rings is 1. The molecule has 2 aromatic rings. The number of rotatable bonds is 8. The molecule has 2 fully saturated rings. The molecule has 0 spiro atoms. The van der Waals surface area contributed by atoms with Gasteiger partial charge in [-0.05, 0) is 24.0 Å². The van der Waals surface area contributed by atoms with E-state index in [1.165, 1.54) is 9.87 Å². The van der Waals surface area contributed by atoms with Crippen molar-refractivity contribution in [2.24, 2.45) is 0 Å². The highest BCUT2D eigenvalue weighted by Gasteiger charge is 2.33. The highest BCUT2D eigenvalue weighted by molar-refractivity contribution is 7.88. The van der Waals surface area contributed by atoms with E-state index < -0.39 is 10.0 Å². The summed E-state index contributed by atoms with van der Waals surface area (Å²) >= 11 is 0. The van der Waals surface area contributed by atoms with Gasteiger partial charge >= 0.3 is 0 Å². The molecule has 0 bridgehead atoms. The molecular formula is C23H29N3O3S. The highest BCUT2D eigenvalue weighted by atomic mass is 32.2. The van der Waals surface area contributed by atoms with Crippen molar-refractivity contribution in [3.8, 4) is 0 Å². The predicted molar refractivity (Wildman–Crippen MR) is 117 cm³/mol. The summed E-state index contributed by atoms with van der Waals surface area (Å²) < 4.78 is 27.0. The molecule has 1 heterocycles. The Morgan fingerprint density at radius 3 is 2.00 bits per heavy atom. The smallest absolute Gasteiger partial charge is 0.236 e. The maximum absolute atomic E-state index is 12.9. The standard InChI is InChI=1S/C23H29N3O3S/c27-23(18-25(22-11-12-22)17-20-7-3-1-4-8-20)24-13-15-26(16-14-24)30(28,29)19-21-9-5-2-6-10-21/h1-10,22H,11-19H2. The third-order valence-electron chi connectivity index (χ3n) is 5.81. The van der Waals surface area contributed by atoms with Crippen LogP contribution in [0.1, 0.15) is 24.0 Å². The fourth-order valence-electron chi connectivity index (χ4n) is 3.94. The third-order valence-corrected chi connectivity index (χ3v) is 7.66. The SMILES string of the molecule is O=C(CN(Cc1ccccc1)C1CC1)N1CCN(S(=O)(=O)Cc2ccccc2)CC1. The molecule has 0 N–H and O–H groups in total. The molecule has 0 aromatic heterocycles. The van der Waals surface area contributed by atoms with E-state index in [1.807, 2.05) is 53.4 Å². The number of carbonyl (C=O) groups excluding carboxylic acids is 1. The van der Waals surface area contributed by atoms with Crippen LogP contribution < -0.4 is 0 Å². The summed E-state index contributed by atoms with van der Waals surface area (Å²) in [4.78, 5) is 17.0. The van der Waals surface area contributed by atoms with E-state index in [1.54, 1.807) is 0 Å². The molecule has 1 aliphatic heterocycles. The van der Waals surface area contributed by atoms with Crippen LogP contribution in [0.5, 0.6) is 0 Å². The second-order valence-corrected chi connectivity index (χ2v) is 10.1. The number of sulfonamides is 1. The normalized spacial score (nSPS) is 18.0. The Kier molecular flexibility index (Phi) is 6.51. The molecular weight excluding hydrogens is 398 g/mol. The number of hydrogen-bond acceptors (Lipinski definition) is 4. The van der Waals surface area contributed by atoms with Crippen LogP contribution in [0.15, 0.2) is 60.7 Å². The Bertz CT molecular complexity index is 938. The summed E-state index contributed by atoms with van der Waals surface area (Å²) in [7, 11) is -3.37. The van der Waals surface area contributed by atoms with E-state index in [9.17, 15) is 13.2 Å². The van der Waals surface area contributed by atoms with Crippen molar-refractivity contribution in [3.05, 3.63) is 71.8 Å². The van der Waals surface area contributed by atoms with Crippen molar-refractivity contribution in [2.45, 2.75) is 31.2 Å². The lowest BCUT2D eigenvalue weighted by molar-refractivity contribution is -0.133. The molecule has 4 rings (SSSR count). The van der Waals surface area contributed by atoms with Crippen LogP contribution in [0.4, 0.5) is 0 Å². The molecule has 1 saturated heterocycles. The van der Waals surface area contributed by atoms with Crippen LogP contribution in [0, 0.1) is 0 Å². The summed E-state index contributed by atoms with van der Waals surface area (Å²) in [5.41, 5.74) is 2.01. The van der Waals surface area contributed by atoms with Gasteiger partial charge in [0.15, 0.2) is 0 Å². The zero-order chi connectivity index (χ0) is 21.0.